The van der Waals surface area contributed by atoms with Crippen molar-refractivity contribution >= 4 is 0 Å². The first-order valence-electron chi connectivity index (χ1n) is 7.82. The highest BCUT2D eigenvalue weighted by Crippen LogP contribution is 2.21. The number of aryl methyl sites for hydroxylation is 1. The van der Waals surface area contributed by atoms with Crippen molar-refractivity contribution in [1.29, 1.82) is 0 Å². The second kappa shape index (κ2) is 7.78. The van der Waals surface area contributed by atoms with Crippen LogP contribution >= 0.6 is 0 Å². The van der Waals surface area contributed by atoms with E-state index in [2.05, 4.69) is 49.2 Å². The van der Waals surface area contributed by atoms with Gasteiger partial charge in [0.2, 0.25) is 0 Å². The summed E-state index contributed by atoms with van der Waals surface area (Å²) in [5, 5.41) is 3.19. The number of morpholine rings is 1. The van der Waals surface area contributed by atoms with E-state index in [1.54, 1.807) is 0 Å². The molecule has 1 heterocycles. The van der Waals surface area contributed by atoms with Crippen molar-refractivity contribution in [2.24, 2.45) is 0 Å². The van der Waals surface area contributed by atoms with E-state index in [1.807, 2.05) is 7.05 Å². The molecule has 1 aliphatic heterocycles. The molecule has 1 atom stereocenters. The van der Waals surface area contributed by atoms with E-state index in [0.717, 1.165) is 32.0 Å². The second-order valence-corrected chi connectivity index (χ2v) is 6.03. The summed E-state index contributed by atoms with van der Waals surface area (Å²) in [4.78, 5) is 2.45. The van der Waals surface area contributed by atoms with E-state index in [9.17, 15) is 0 Å². The number of hydrogen-bond donors (Lipinski definition) is 1. The summed E-state index contributed by atoms with van der Waals surface area (Å²) in [5.41, 5.74) is 2.46. The summed E-state index contributed by atoms with van der Waals surface area (Å²) in [7, 11) is 1.96. The Bertz CT molecular complexity index is 448. The van der Waals surface area contributed by atoms with Crippen molar-refractivity contribution in [3.8, 4) is 5.75 Å². The largest absolute Gasteiger partial charge is 0.490 e. The average Bonchev–Trinajstić information content (AvgIpc) is 2.47. The molecule has 0 spiro atoms. The molecule has 0 amide bonds. The minimum Gasteiger partial charge on any atom is -0.490 e. The number of benzene rings is 1. The fourth-order valence-corrected chi connectivity index (χ4v) is 2.67. The summed E-state index contributed by atoms with van der Waals surface area (Å²) in [6, 6.07) is 6.89. The average molecular weight is 292 g/mol. The van der Waals surface area contributed by atoms with E-state index in [4.69, 9.17) is 9.47 Å². The van der Waals surface area contributed by atoms with Gasteiger partial charge in [0.25, 0.3) is 0 Å². The highest BCUT2D eigenvalue weighted by atomic mass is 16.5. The molecule has 1 aliphatic rings. The van der Waals surface area contributed by atoms with Crippen LogP contribution in [0, 0.1) is 6.92 Å². The lowest BCUT2D eigenvalue weighted by molar-refractivity contribution is -0.0565. The van der Waals surface area contributed by atoms with E-state index >= 15 is 0 Å². The van der Waals surface area contributed by atoms with Crippen LogP contribution in [0.5, 0.6) is 5.75 Å². The lowest BCUT2D eigenvalue weighted by Gasteiger charge is -2.35. The maximum absolute atomic E-state index is 6.02. The van der Waals surface area contributed by atoms with Crippen LogP contribution in [0.2, 0.25) is 0 Å². The van der Waals surface area contributed by atoms with Crippen LogP contribution in [-0.2, 0) is 11.3 Å². The molecule has 21 heavy (non-hydrogen) atoms. The predicted octanol–water partition coefficient (Wildman–Crippen LogP) is 2.20. The van der Waals surface area contributed by atoms with Crippen molar-refractivity contribution in [2.45, 2.75) is 39.5 Å². The summed E-state index contributed by atoms with van der Waals surface area (Å²) >= 11 is 0. The topological polar surface area (TPSA) is 33.7 Å². The van der Waals surface area contributed by atoms with Gasteiger partial charge in [0.15, 0.2) is 0 Å². The van der Waals surface area contributed by atoms with Crippen LogP contribution < -0.4 is 10.1 Å². The number of nitrogens with zero attached hydrogens (tertiary/aromatic N) is 1. The summed E-state index contributed by atoms with van der Waals surface area (Å²) in [5.74, 6) is 0.959. The van der Waals surface area contributed by atoms with Gasteiger partial charge in [-0.2, -0.15) is 0 Å². The van der Waals surface area contributed by atoms with Gasteiger partial charge >= 0.3 is 0 Å². The normalized spacial score (nSPS) is 20.0. The molecule has 0 bridgehead atoms. The van der Waals surface area contributed by atoms with Crippen LogP contribution in [0.15, 0.2) is 18.2 Å². The Balaban J connectivity index is 1.93. The number of nitrogens with one attached hydrogen (secondary N) is 1. The van der Waals surface area contributed by atoms with Crippen LogP contribution in [0.1, 0.15) is 25.0 Å². The first-order chi connectivity index (χ1) is 10.1. The van der Waals surface area contributed by atoms with Crippen LogP contribution in [0.3, 0.4) is 0 Å². The molecule has 4 heteroatoms. The minimum absolute atomic E-state index is 0.157. The van der Waals surface area contributed by atoms with Crippen LogP contribution in [0.4, 0.5) is 0 Å². The van der Waals surface area contributed by atoms with Gasteiger partial charge < -0.3 is 14.8 Å². The van der Waals surface area contributed by atoms with Crippen molar-refractivity contribution in [3.05, 3.63) is 29.3 Å². The SMILES string of the molecule is CNCc1cc(C)ccc1OCC1CN(C(C)C)CCO1. The molecule has 2 rings (SSSR count). The Morgan fingerprint density at radius 3 is 2.95 bits per heavy atom. The van der Waals surface area contributed by atoms with Crippen molar-refractivity contribution in [2.75, 3.05) is 33.4 Å². The number of rotatable bonds is 6. The molecule has 0 radical (unpaired) electrons. The molecule has 0 aromatic heterocycles. The Kier molecular flexibility index (Phi) is 6.03. The maximum Gasteiger partial charge on any atom is 0.123 e. The summed E-state index contributed by atoms with van der Waals surface area (Å²) in [6.45, 7) is 10.8. The summed E-state index contributed by atoms with van der Waals surface area (Å²) < 4.78 is 11.8. The molecular formula is C17H28N2O2. The Morgan fingerprint density at radius 2 is 2.24 bits per heavy atom. The van der Waals surface area contributed by atoms with Gasteiger partial charge in [-0.25, -0.2) is 0 Å². The van der Waals surface area contributed by atoms with Gasteiger partial charge in [0, 0.05) is 31.2 Å². The predicted molar refractivity (Wildman–Crippen MR) is 85.9 cm³/mol. The molecule has 1 aromatic carbocycles. The van der Waals surface area contributed by atoms with Gasteiger partial charge in [-0.1, -0.05) is 17.7 Å². The van der Waals surface area contributed by atoms with Gasteiger partial charge in [-0.15, -0.1) is 0 Å². The molecule has 1 fully saturated rings. The first kappa shape index (κ1) is 16.3. The van der Waals surface area contributed by atoms with Gasteiger partial charge in [0.1, 0.15) is 18.5 Å². The third-order valence-corrected chi connectivity index (χ3v) is 3.91. The van der Waals surface area contributed by atoms with E-state index in [-0.39, 0.29) is 6.10 Å². The zero-order valence-electron chi connectivity index (χ0n) is 13.7. The van der Waals surface area contributed by atoms with Gasteiger partial charge in [0.05, 0.1) is 6.61 Å². The third kappa shape index (κ3) is 4.70. The van der Waals surface area contributed by atoms with Crippen LogP contribution in [-0.4, -0.2) is 50.4 Å². The van der Waals surface area contributed by atoms with Crippen molar-refractivity contribution in [3.63, 3.8) is 0 Å². The lowest BCUT2D eigenvalue weighted by atomic mass is 10.1. The van der Waals surface area contributed by atoms with Gasteiger partial charge in [-0.3, -0.25) is 4.90 Å². The maximum atomic E-state index is 6.02. The van der Waals surface area contributed by atoms with E-state index in [1.165, 1.54) is 11.1 Å². The molecule has 1 saturated heterocycles. The highest BCUT2D eigenvalue weighted by Gasteiger charge is 2.22. The molecule has 4 nitrogen and oxygen atoms in total. The zero-order valence-corrected chi connectivity index (χ0v) is 13.7. The van der Waals surface area contributed by atoms with Crippen molar-refractivity contribution < 1.29 is 9.47 Å². The molecule has 1 aromatic rings. The molecular weight excluding hydrogens is 264 g/mol. The minimum atomic E-state index is 0.157. The third-order valence-electron chi connectivity index (χ3n) is 3.91. The molecule has 118 valence electrons. The molecule has 0 aliphatic carbocycles. The quantitative estimate of drug-likeness (QED) is 0.871. The van der Waals surface area contributed by atoms with Crippen molar-refractivity contribution in [1.82, 2.24) is 10.2 Å². The standard InChI is InChI=1S/C17H28N2O2/c1-13(2)19-7-8-20-16(11-19)12-21-17-6-5-14(3)9-15(17)10-18-4/h5-6,9,13,16,18H,7-8,10-12H2,1-4H3. The van der Waals surface area contributed by atoms with Gasteiger partial charge in [-0.05, 0) is 33.9 Å². The fraction of sp³-hybridized carbons (Fsp3) is 0.647. The Morgan fingerprint density at radius 1 is 1.43 bits per heavy atom. The monoisotopic (exact) mass is 292 g/mol. The Hall–Kier alpha value is -1.10. The second-order valence-electron chi connectivity index (χ2n) is 6.03. The molecule has 0 saturated carbocycles. The fourth-order valence-electron chi connectivity index (χ4n) is 2.67. The van der Waals surface area contributed by atoms with E-state index in [0.29, 0.717) is 12.6 Å². The number of ether oxygens (including phenoxy) is 2. The highest BCUT2D eigenvalue weighted by molar-refractivity contribution is 5.36. The van der Waals surface area contributed by atoms with Crippen LogP contribution in [0.25, 0.3) is 0 Å². The molecule has 1 unspecified atom stereocenters. The first-order valence-corrected chi connectivity index (χ1v) is 7.82. The number of hydrogen-bond acceptors (Lipinski definition) is 4. The smallest absolute Gasteiger partial charge is 0.123 e. The molecule has 1 N–H and O–H groups in total. The zero-order chi connectivity index (χ0) is 15.2. The van der Waals surface area contributed by atoms with E-state index < -0.39 is 0 Å². The summed E-state index contributed by atoms with van der Waals surface area (Å²) in [6.07, 6.45) is 0.157. The lowest BCUT2D eigenvalue weighted by Crippen LogP contribution is -2.47. The Labute approximate surface area is 128 Å².